The highest BCUT2D eigenvalue weighted by Gasteiger charge is 2.31. The molecule has 1 saturated carbocycles. The summed E-state index contributed by atoms with van der Waals surface area (Å²) < 4.78 is 25.0. The topological polar surface area (TPSA) is 63.4 Å². The fraction of sp³-hybridized carbons (Fsp3) is 0.800. The Hall–Kier alpha value is -0.100. The Balaban J connectivity index is 0.00000225. The molecule has 0 spiro atoms. The standard InChI is InChI=1S/C10H20N2O2S.ClH/c1-3-4-5-12(2)15(13,14)8-9-6-10(11)7-9;/h3,9-10H,1,4-8,11H2,2H3;1H. The third-order valence-electron chi connectivity index (χ3n) is 2.84. The van der Waals surface area contributed by atoms with Crippen molar-refractivity contribution in [2.24, 2.45) is 11.7 Å². The average Bonchev–Trinajstić information content (AvgIpc) is 2.11. The molecule has 1 fully saturated rings. The van der Waals surface area contributed by atoms with E-state index in [0.29, 0.717) is 13.0 Å². The molecule has 1 aliphatic rings. The minimum atomic E-state index is -3.09. The number of nitrogens with two attached hydrogens (primary N) is 1. The van der Waals surface area contributed by atoms with E-state index in [1.54, 1.807) is 13.1 Å². The number of hydrogen-bond acceptors (Lipinski definition) is 3. The van der Waals surface area contributed by atoms with Crippen LogP contribution in [0.1, 0.15) is 19.3 Å². The van der Waals surface area contributed by atoms with E-state index in [1.165, 1.54) is 4.31 Å². The summed E-state index contributed by atoms with van der Waals surface area (Å²) in [5.41, 5.74) is 5.62. The van der Waals surface area contributed by atoms with Gasteiger partial charge in [0.1, 0.15) is 0 Å². The molecule has 1 aliphatic carbocycles. The highest BCUT2D eigenvalue weighted by molar-refractivity contribution is 7.89. The number of rotatable bonds is 6. The minimum absolute atomic E-state index is 0. The van der Waals surface area contributed by atoms with E-state index in [2.05, 4.69) is 6.58 Å². The highest BCUT2D eigenvalue weighted by atomic mass is 35.5. The molecule has 4 nitrogen and oxygen atoms in total. The molecular formula is C10H21ClN2O2S. The van der Waals surface area contributed by atoms with Gasteiger partial charge in [-0.15, -0.1) is 19.0 Å². The number of hydrogen-bond donors (Lipinski definition) is 1. The van der Waals surface area contributed by atoms with E-state index >= 15 is 0 Å². The third-order valence-corrected chi connectivity index (χ3v) is 4.87. The van der Waals surface area contributed by atoms with Gasteiger partial charge < -0.3 is 5.73 Å². The van der Waals surface area contributed by atoms with Crippen molar-refractivity contribution >= 4 is 22.4 Å². The van der Waals surface area contributed by atoms with Crippen LogP contribution in [0.3, 0.4) is 0 Å². The summed E-state index contributed by atoms with van der Waals surface area (Å²) in [7, 11) is -1.46. The van der Waals surface area contributed by atoms with Crippen molar-refractivity contribution in [1.82, 2.24) is 4.31 Å². The van der Waals surface area contributed by atoms with Gasteiger partial charge in [0.05, 0.1) is 5.75 Å². The second-order valence-corrected chi connectivity index (χ2v) is 6.40. The van der Waals surface area contributed by atoms with Crippen LogP contribution in [0.4, 0.5) is 0 Å². The number of nitrogens with zero attached hydrogens (tertiary/aromatic N) is 1. The Morgan fingerprint density at radius 3 is 2.50 bits per heavy atom. The molecule has 0 aromatic carbocycles. The van der Waals surface area contributed by atoms with Crippen LogP contribution in [0.2, 0.25) is 0 Å². The van der Waals surface area contributed by atoms with Gasteiger partial charge in [-0.25, -0.2) is 12.7 Å². The van der Waals surface area contributed by atoms with Crippen LogP contribution in [0.5, 0.6) is 0 Å². The second kappa shape index (κ2) is 6.59. The maximum absolute atomic E-state index is 11.8. The Kier molecular flexibility index (Phi) is 6.55. The van der Waals surface area contributed by atoms with Crippen molar-refractivity contribution in [2.75, 3.05) is 19.3 Å². The predicted molar refractivity (Wildman–Crippen MR) is 69.2 cm³/mol. The molecule has 1 rings (SSSR count). The lowest BCUT2D eigenvalue weighted by molar-refractivity contribution is 0.288. The summed E-state index contributed by atoms with van der Waals surface area (Å²) in [4.78, 5) is 0. The minimum Gasteiger partial charge on any atom is -0.328 e. The maximum atomic E-state index is 11.8. The Morgan fingerprint density at radius 2 is 2.06 bits per heavy atom. The van der Waals surface area contributed by atoms with Gasteiger partial charge in [-0.3, -0.25) is 0 Å². The maximum Gasteiger partial charge on any atom is 0.214 e. The van der Waals surface area contributed by atoms with Crippen molar-refractivity contribution in [3.63, 3.8) is 0 Å². The van der Waals surface area contributed by atoms with Gasteiger partial charge >= 0.3 is 0 Å². The van der Waals surface area contributed by atoms with Gasteiger partial charge in [0.25, 0.3) is 0 Å². The molecule has 2 N–H and O–H groups in total. The zero-order chi connectivity index (χ0) is 11.5. The molecule has 96 valence electrons. The third kappa shape index (κ3) is 4.41. The van der Waals surface area contributed by atoms with Crippen molar-refractivity contribution in [3.8, 4) is 0 Å². The van der Waals surface area contributed by atoms with Gasteiger partial charge in [0.2, 0.25) is 10.0 Å². The zero-order valence-electron chi connectivity index (χ0n) is 9.63. The summed E-state index contributed by atoms with van der Waals surface area (Å²) >= 11 is 0. The normalized spacial score (nSPS) is 24.7. The second-order valence-electron chi connectivity index (χ2n) is 4.27. The summed E-state index contributed by atoms with van der Waals surface area (Å²) in [6.45, 7) is 4.09. The molecular weight excluding hydrogens is 248 g/mol. The molecule has 0 aromatic rings. The fourth-order valence-electron chi connectivity index (χ4n) is 1.76. The van der Waals surface area contributed by atoms with Crippen LogP contribution in [0.25, 0.3) is 0 Å². The van der Waals surface area contributed by atoms with Crippen LogP contribution in [-0.4, -0.2) is 38.1 Å². The molecule has 6 heteroatoms. The molecule has 0 saturated heterocycles. The van der Waals surface area contributed by atoms with Crippen molar-refractivity contribution < 1.29 is 8.42 Å². The number of sulfonamides is 1. The van der Waals surface area contributed by atoms with Crippen LogP contribution in [0, 0.1) is 5.92 Å². The predicted octanol–water partition coefficient (Wildman–Crippen LogP) is 0.983. The molecule has 0 amide bonds. The van der Waals surface area contributed by atoms with E-state index in [1.807, 2.05) is 0 Å². The summed E-state index contributed by atoms with van der Waals surface area (Å²) in [6, 6.07) is 0.212. The van der Waals surface area contributed by atoms with E-state index in [4.69, 9.17) is 5.73 Å². The van der Waals surface area contributed by atoms with Gasteiger partial charge in [0.15, 0.2) is 0 Å². The van der Waals surface area contributed by atoms with Gasteiger partial charge in [0, 0.05) is 19.6 Å². The van der Waals surface area contributed by atoms with E-state index in [9.17, 15) is 8.42 Å². The molecule has 0 atom stereocenters. The SMILES string of the molecule is C=CCCN(C)S(=O)(=O)CC1CC(N)C1.Cl. The first kappa shape index (κ1) is 15.9. The van der Waals surface area contributed by atoms with E-state index < -0.39 is 10.0 Å². The number of halogens is 1. The molecule has 0 aromatic heterocycles. The van der Waals surface area contributed by atoms with Crippen molar-refractivity contribution in [1.29, 1.82) is 0 Å². The van der Waals surface area contributed by atoms with E-state index in [-0.39, 0.29) is 30.1 Å². The first-order chi connectivity index (χ1) is 6.95. The first-order valence-electron chi connectivity index (χ1n) is 5.26. The summed E-state index contributed by atoms with van der Waals surface area (Å²) in [6.07, 6.45) is 4.11. The highest BCUT2D eigenvalue weighted by Crippen LogP contribution is 2.27. The Bertz CT molecular complexity index is 313. The van der Waals surface area contributed by atoms with Crippen LogP contribution in [-0.2, 0) is 10.0 Å². The lowest BCUT2D eigenvalue weighted by Crippen LogP contribution is -2.42. The van der Waals surface area contributed by atoms with Gasteiger partial charge in [-0.2, -0.15) is 0 Å². The van der Waals surface area contributed by atoms with E-state index in [0.717, 1.165) is 12.8 Å². The van der Waals surface area contributed by atoms with Crippen LogP contribution in [0.15, 0.2) is 12.7 Å². The van der Waals surface area contributed by atoms with Gasteiger partial charge in [-0.05, 0) is 25.2 Å². The Morgan fingerprint density at radius 1 is 1.50 bits per heavy atom. The molecule has 0 heterocycles. The Labute approximate surface area is 104 Å². The van der Waals surface area contributed by atoms with Gasteiger partial charge in [-0.1, -0.05) is 6.08 Å². The lowest BCUT2D eigenvalue weighted by atomic mass is 9.82. The summed E-state index contributed by atoms with van der Waals surface area (Å²) in [5.74, 6) is 0.505. The summed E-state index contributed by atoms with van der Waals surface area (Å²) in [5, 5.41) is 0. The average molecular weight is 269 g/mol. The molecule has 0 bridgehead atoms. The van der Waals surface area contributed by atoms with Crippen LogP contribution < -0.4 is 5.73 Å². The molecule has 16 heavy (non-hydrogen) atoms. The molecule has 0 aliphatic heterocycles. The monoisotopic (exact) mass is 268 g/mol. The lowest BCUT2D eigenvalue weighted by Gasteiger charge is -2.33. The first-order valence-corrected chi connectivity index (χ1v) is 6.87. The molecule has 0 unspecified atom stereocenters. The molecule has 0 radical (unpaired) electrons. The largest absolute Gasteiger partial charge is 0.328 e. The zero-order valence-corrected chi connectivity index (χ0v) is 11.3. The quantitative estimate of drug-likeness (QED) is 0.731. The fourth-order valence-corrected chi connectivity index (χ4v) is 3.27. The van der Waals surface area contributed by atoms with Crippen LogP contribution >= 0.6 is 12.4 Å². The van der Waals surface area contributed by atoms with Crippen molar-refractivity contribution in [2.45, 2.75) is 25.3 Å². The smallest absolute Gasteiger partial charge is 0.214 e. The van der Waals surface area contributed by atoms with Crippen molar-refractivity contribution in [3.05, 3.63) is 12.7 Å².